The Bertz CT molecular complexity index is 2800. The first-order valence-corrected chi connectivity index (χ1v) is 17.2. The number of para-hydroxylation sites is 4. The Balaban J connectivity index is 1.23. The van der Waals surface area contributed by atoms with E-state index in [2.05, 4.69) is 180 Å². The fourth-order valence-electron chi connectivity index (χ4n) is 8.51. The number of nitrogens with zero attached hydrogens (tertiary/aromatic N) is 2. The molecule has 9 aromatic rings. The summed E-state index contributed by atoms with van der Waals surface area (Å²) in [6, 6.07) is 63.8. The van der Waals surface area contributed by atoms with E-state index in [-0.39, 0.29) is 6.85 Å². The second kappa shape index (κ2) is 10.5. The van der Waals surface area contributed by atoms with Crippen molar-refractivity contribution in [2.45, 2.75) is 0 Å². The highest BCUT2D eigenvalue weighted by molar-refractivity contribution is 6.93. The molecule has 2 aliphatic rings. The molecule has 0 fully saturated rings. The predicted octanol–water partition coefficient (Wildman–Crippen LogP) is 11.1. The van der Waals surface area contributed by atoms with Crippen molar-refractivity contribution in [1.29, 1.82) is 0 Å². The summed E-state index contributed by atoms with van der Waals surface area (Å²) in [7, 11) is 0. The van der Waals surface area contributed by atoms with Crippen LogP contribution in [-0.4, -0.2) is 6.85 Å². The zero-order valence-electron chi connectivity index (χ0n) is 27.1. The smallest absolute Gasteiger partial charge is 0.333 e. The van der Waals surface area contributed by atoms with Crippen molar-refractivity contribution >= 4 is 78.9 Å². The van der Waals surface area contributed by atoms with E-state index in [0.717, 1.165) is 27.6 Å². The molecule has 1 aromatic heterocycles. The van der Waals surface area contributed by atoms with Gasteiger partial charge in [0.15, 0.2) is 5.58 Å². The summed E-state index contributed by atoms with van der Waals surface area (Å²) in [5.74, 6) is 0. The highest BCUT2D eigenvalue weighted by Gasteiger charge is 2.45. The Hall–Kier alpha value is -6.52. The van der Waals surface area contributed by atoms with E-state index in [9.17, 15) is 0 Å². The first-order chi connectivity index (χ1) is 24.8. The lowest BCUT2D eigenvalue weighted by atomic mass is 9.43. The molecular formula is C46H29BN2O. The third-order valence-corrected chi connectivity index (χ3v) is 10.6. The van der Waals surface area contributed by atoms with Gasteiger partial charge in [0, 0.05) is 39.0 Å². The summed E-state index contributed by atoms with van der Waals surface area (Å²) in [5.41, 5.74) is 15.0. The van der Waals surface area contributed by atoms with Gasteiger partial charge in [-0.1, -0.05) is 133 Å². The minimum absolute atomic E-state index is 0.0806. The Morgan fingerprint density at radius 2 is 1.06 bits per heavy atom. The molecule has 0 spiro atoms. The van der Waals surface area contributed by atoms with Crippen LogP contribution in [0.25, 0.3) is 55.0 Å². The number of hydrogen-bond donors (Lipinski definition) is 0. The molecular weight excluding hydrogens is 607 g/mol. The first-order valence-electron chi connectivity index (χ1n) is 17.2. The quantitative estimate of drug-likeness (QED) is 0.180. The van der Waals surface area contributed by atoms with E-state index < -0.39 is 0 Å². The van der Waals surface area contributed by atoms with Crippen LogP contribution >= 0.6 is 0 Å². The van der Waals surface area contributed by atoms with E-state index in [0.29, 0.717) is 0 Å². The van der Waals surface area contributed by atoms with Crippen LogP contribution in [0.3, 0.4) is 0 Å². The van der Waals surface area contributed by atoms with Crippen LogP contribution in [0.2, 0.25) is 0 Å². The van der Waals surface area contributed by atoms with E-state index in [1.54, 1.807) is 0 Å². The van der Waals surface area contributed by atoms with Crippen LogP contribution < -0.4 is 20.6 Å². The average Bonchev–Trinajstić information content (AvgIpc) is 3.57. The predicted molar refractivity (Wildman–Crippen MR) is 210 cm³/mol. The maximum atomic E-state index is 6.71. The van der Waals surface area contributed by atoms with Crippen molar-refractivity contribution in [1.82, 2.24) is 0 Å². The Morgan fingerprint density at radius 1 is 0.420 bits per heavy atom. The fraction of sp³-hybridized carbons (Fsp3) is 0. The minimum Gasteiger partial charge on any atom is -0.454 e. The Morgan fingerprint density at radius 3 is 1.96 bits per heavy atom. The average molecular weight is 637 g/mol. The van der Waals surface area contributed by atoms with Gasteiger partial charge in [0.25, 0.3) is 0 Å². The van der Waals surface area contributed by atoms with Gasteiger partial charge < -0.3 is 14.1 Å². The van der Waals surface area contributed by atoms with Crippen molar-refractivity contribution in [3.8, 4) is 22.3 Å². The number of rotatable bonds is 3. The largest absolute Gasteiger partial charge is 0.454 e. The van der Waals surface area contributed by atoms with Crippen molar-refractivity contribution in [3.05, 3.63) is 176 Å². The van der Waals surface area contributed by atoms with Gasteiger partial charge in [0.1, 0.15) is 5.58 Å². The van der Waals surface area contributed by atoms with Crippen molar-refractivity contribution < 1.29 is 4.42 Å². The molecule has 4 heteroatoms. The van der Waals surface area contributed by atoms with Crippen LogP contribution in [-0.2, 0) is 0 Å². The summed E-state index contributed by atoms with van der Waals surface area (Å²) in [5, 5.41) is 4.71. The summed E-state index contributed by atoms with van der Waals surface area (Å²) in [6.45, 7) is -0.0806. The highest BCUT2D eigenvalue weighted by atomic mass is 16.3. The molecule has 0 atom stereocenters. The summed E-state index contributed by atoms with van der Waals surface area (Å²) in [4.78, 5) is 5.04. The van der Waals surface area contributed by atoms with Crippen molar-refractivity contribution in [3.63, 3.8) is 0 Å². The van der Waals surface area contributed by atoms with Gasteiger partial charge in [-0.3, -0.25) is 0 Å². The van der Waals surface area contributed by atoms with Gasteiger partial charge in [-0.05, 0) is 75.3 Å². The van der Waals surface area contributed by atoms with Gasteiger partial charge in [-0.25, -0.2) is 0 Å². The summed E-state index contributed by atoms with van der Waals surface area (Å²) in [6.07, 6.45) is 0. The topological polar surface area (TPSA) is 19.6 Å². The molecule has 0 unspecified atom stereocenters. The van der Waals surface area contributed by atoms with E-state index in [1.165, 1.54) is 66.7 Å². The summed E-state index contributed by atoms with van der Waals surface area (Å²) >= 11 is 0. The molecule has 2 aliphatic heterocycles. The van der Waals surface area contributed by atoms with E-state index in [1.807, 2.05) is 6.07 Å². The fourth-order valence-corrected chi connectivity index (χ4v) is 8.51. The Kier molecular flexibility index (Phi) is 5.76. The zero-order valence-corrected chi connectivity index (χ0v) is 27.1. The molecule has 232 valence electrons. The lowest BCUT2D eigenvalue weighted by Gasteiger charge is -2.45. The molecule has 3 heterocycles. The van der Waals surface area contributed by atoms with Gasteiger partial charge in [0.2, 0.25) is 0 Å². The molecule has 0 amide bonds. The SMILES string of the molecule is c1ccc(-c2cc3ccccc3cc2N2c3ccccc3B3c4c(cccc42)-c2ccccc2N3c2cccc3c2oc2ccccc23)cc1. The molecule has 0 saturated carbocycles. The highest BCUT2D eigenvalue weighted by Crippen LogP contribution is 2.49. The second-order valence-corrected chi connectivity index (χ2v) is 13.3. The molecule has 50 heavy (non-hydrogen) atoms. The number of benzene rings is 8. The molecule has 0 bridgehead atoms. The van der Waals surface area contributed by atoms with Gasteiger partial charge in [0.05, 0.1) is 11.4 Å². The number of furan rings is 1. The van der Waals surface area contributed by atoms with Crippen LogP contribution in [0.5, 0.6) is 0 Å². The first kappa shape index (κ1) is 27.4. The number of fused-ring (bicyclic) bond motifs is 8. The van der Waals surface area contributed by atoms with E-state index >= 15 is 0 Å². The van der Waals surface area contributed by atoms with Gasteiger partial charge >= 0.3 is 6.85 Å². The lowest BCUT2D eigenvalue weighted by molar-refractivity contribution is 0.669. The number of anilines is 5. The van der Waals surface area contributed by atoms with E-state index in [4.69, 9.17) is 4.42 Å². The molecule has 0 saturated heterocycles. The lowest BCUT2D eigenvalue weighted by Crippen LogP contribution is -2.61. The van der Waals surface area contributed by atoms with Crippen LogP contribution in [0.1, 0.15) is 0 Å². The molecule has 0 aliphatic carbocycles. The third kappa shape index (κ3) is 3.82. The van der Waals surface area contributed by atoms with Crippen LogP contribution in [0, 0.1) is 0 Å². The molecule has 0 N–H and O–H groups in total. The second-order valence-electron chi connectivity index (χ2n) is 13.3. The molecule has 11 rings (SSSR count). The third-order valence-electron chi connectivity index (χ3n) is 10.6. The minimum atomic E-state index is -0.0806. The molecule has 8 aromatic carbocycles. The van der Waals surface area contributed by atoms with Gasteiger partial charge in [-0.2, -0.15) is 0 Å². The van der Waals surface area contributed by atoms with Crippen molar-refractivity contribution in [2.75, 3.05) is 9.71 Å². The molecule has 0 radical (unpaired) electrons. The van der Waals surface area contributed by atoms with Crippen LogP contribution in [0.15, 0.2) is 180 Å². The van der Waals surface area contributed by atoms with Gasteiger partial charge in [-0.15, -0.1) is 0 Å². The summed E-state index contributed by atoms with van der Waals surface area (Å²) < 4.78 is 6.71. The standard InChI is InChI=1S/C46H29BN2O/c1-2-14-30(15-3-1)37-28-31-16-4-5-17-32(31)29-43(37)48-40-24-10-8-22-38(40)47-45-35(20-12-25-41(45)48)33-18-6-9-23-39(33)49(47)42-26-13-21-36-34-19-7-11-27-44(34)50-46(36)42/h1-29H. The zero-order chi connectivity index (χ0) is 32.8. The number of hydrogen-bond acceptors (Lipinski definition) is 3. The normalized spacial score (nSPS) is 13.1. The van der Waals surface area contributed by atoms with Crippen LogP contribution in [0.4, 0.5) is 28.4 Å². The Labute approximate surface area is 290 Å². The molecule has 3 nitrogen and oxygen atoms in total. The maximum Gasteiger partial charge on any atom is 0.333 e. The maximum absolute atomic E-state index is 6.71. The van der Waals surface area contributed by atoms with Crippen molar-refractivity contribution in [2.24, 2.45) is 0 Å². The monoisotopic (exact) mass is 636 g/mol.